The fourth-order valence-corrected chi connectivity index (χ4v) is 2.08. The van der Waals surface area contributed by atoms with Crippen molar-refractivity contribution in [3.63, 3.8) is 0 Å². The molecule has 0 aliphatic rings. The molecule has 0 saturated carbocycles. The fourth-order valence-electron chi connectivity index (χ4n) is 1.32. The van der Waals surface area contributed by atoms with E-state index < -0.39 is 0 Å². The van der Waals surface area contributed by atoms with Crippen molar-refractivity contribution in [2.45, 2.75) is 11.9 Å². The van der Waals surface area contributed by atoms with E-state index in [1.165, 1.54) is 18.1 Å². The standard InChI is InChI=1S/C9H12N6OS/c1-3-10-6(16)4-17-9-7-8(11-5-12-9)15(2)14-13-7/h5H,3-4H2,1-2H3,(H,10,16). The van der Waals surface area contributed by atoms with Crippen LogP contribution in [0.15, 0.2) is 11.4 Å². The zero-order chi connectivity index (χ0) is 12.3. The molecule has 17 heavy (non-hydrogen) atoms. The van der Waals surface area contributed by atoms with Crippen LogP contribution in [0.25, 0.3) is 11.2 Å². The lowest BCUT2D eigenvalue weighted by Crippen LogP contribution is -2.24. The van der Waals surface area contributed by atoms with E-state index in [2.05, 4.69) is 25.6 Å². The van der Waals surface area contributed by atoms with Gasteiger partial charge in [0.25, 0.3) is 0 Å². The van der Waals surface area contributed by atoms with Crippen molar-refractivity contribution < 1.29 is 4.79 Å². The van der Waals surface area contributed by atoms with Crippen LogP contribution in [0.2, 0.25) is 0 Å². The third kappa shape index (κ3) is 2.52. The van der Waals surface area contributed by atoms with Crippen molar-refractivity contribution >= 4 is 28.8 Å². The van der Waals surface area contributed by atoms with E-state index in [1.807, 2.05) is 6.92 Å². The van der Waals surface area contributed by atoms with Gasteiger partial charge in [-0.05, 0) is 6.92 Å². The highest BCUT2D eigenvalue weighted by molar-refractivity contribution is 8.00. The molecule has 0 bridgehead atoms. The van der Waals surface area contributed by atoms with E-state index in [1.54, 1.807) is 11.7 Å². The number of carbonyl (C=O) groups is 1. The molecule has 0 atom stereocenters. The molecule has 2 rings (SSSR count). The second kappa shape index (κ2) is 5.09. The van der Waals surface area contributed by atoms with E-state index in [0.717, 1.165) is 0 Å². The Morgan fingerprint density at radius 3 is 3.12 bits per heavy atom. The number of aromatic nitrogens is 5. The van der Waals surface area contributed by atoms with Gasteiger partial charge < -0.3 is 5.32 Å². The Kier molecular flexibility index (Phi) is 3.52. The number of hydrogen-bond donors (Lipinski definition) is 1. The summed E-state index contributed by atoms with van der Waals surface area (Å²) in [6, 6.07) is 0. The number of carbonyl (C=O) groups excluding carboxylic acids is 1. The van der Waals surface area contributed by atoms with Crippen LogP contribution in [-0.2, 0) is 11.8 Å². The highest BCUT2D eigenvalue weighted by Crippen LogP contribution is 2.21. The van der Waals surface area contributed by atoms with Crippen LogP contribution in [0.1, 0.15) is 6.92 Å². The van der Waals surface area contributed by atoms with Crippen LogP contribution in [-0.4, -0.2) is 43.2 Å². The summed E-state index contributed by atoms with van der Waals surface area (Å²) < 4.78 is 1.58. The summed E-state index contributed by atoms with van der Waals surface area (Å²) in [4.78, 5) is 19.5. The molecule has 0 fully saturated rings. The van der Waals surface area contributed by atoms with Gasteiger partial charge in [0.2, 0.25) is 5.91 Å². The molecule has 90 valence electrons. The summed E-state index contributed by atoms with van der Waals surface area (Å²) in [5, 5.41) is 11.2. The molecule has 1 amide bonds. The molecule has 0 radical (unpaired) electrons. The van der Waals surface area contributed by atoms with Crippen LogP contribution < -0.4 is 5.32 Å². The third-order valence-electron chi connectivity index (χ3n) is 2.07. The van der Waals surface area contributed by atoms with Gasteiger partial charge in [-0.1, -0.05) is 17.0 Å². The summed E-state index contributed by atoms with van der Waals surface area (Å²) in [5.74, 6) is 0.296. The van der Waals surface area contributed by atoms with E-state index in [0.29, 0.717) is 28.5 Å². The number of aryl methyl sites for hydroxylation is 1. The highest BCUT2D eigenvalue weighted by Gasteiger charge is 2.11. The maximum absolute atomic E-state index is 11.3. The summed E-state index contributed by atoms with van der Waals surface area (Å²) in [6.45, 7) is 2.51. The lowest BCUT2D eigenvalue weighted by atomic mass is 10.5. The van der Waals surface area contributed by atoms with Crippen molar-refractivity contribution in [2.75, 3.05) is 12.3 Å². The molecule has 1 N–H and O–H groups in total. The van der Waals surface area contributed by atoms with E-state index in [4.69, 9.17) is 0 Å². The average Bonchev–Trinajstić information content (AvgIpc) is 2.70. The molecule has 0 unspecified atom stereocenters. The smallest absolute Gasteiger partial charge is 0.230 e. The van der Waals surface area contributed by atoms with Crippen molar-refractivity contribution in [2.24, 2.45) is 7.05 Å². The maximum atomic E-state index is 11.3. The first kappa shape index (κ1) is 11.8. The number of fused-ring (bicyclic) bond motifs is 1. The molecular formula is C9H12N6OS. The predicted octanol–water partition coefficient (Wildman–Crippen LogP) is -0.0135. The Morgan fingerprint density at radius 2 is 2.35 bits per heavy atom. The molecule has 0 spiro atoms. The summed E-state index contributed by atoms with van der Waals surface area (Å²) >= 11 is 1.33. The first-order chi connectivity index (χ1) is 8.22. The molecule has 8 heteroatoms. The SMILES string of the molecule is CCNC(=O)CSc1ncnc2c1nnn2C. The molecular weight excluding hydrogens is 240 g/mol. The summed E-state index contributed by atoms with van der Waals surface area (Å²) in [5.41, 5.74) is 1.29. The fraction of sp³-hybridized carbons (Fsp3) is 0.444. The number of thioether (sulfide) groups is 1. The monoisotopic (exact) mass is 252 g/mol. The highest BCUT2D eigenvalue weighted by atomic mass is 32.2. The molecule has 7 nitrogen and oxygen atoms in total. The van der Waals surface area contributed by atoms with Crippen molar-refractivity contribution in [1.82, 2.24) is 30.3 Å². The molecule has 0 aliphatic heterocycles. The molecule has 0 saturated heterocycles. The van der Waals surface area contributed by atoms with Gasteiger partial charge in [0.05, 0.1) is 5.75 Å². The van der Waals surface area contributed by atoms with Crippen LogP contribution in [0, 0.1) is 0 Å². The topological polar surface area (TPSA) is 85.6 Å². The van der Waals surface area contributed by atoms with Gasteiger partial charge in [0, 0.05) is 13.6 Å². The molecule has 2 aromatic heterocycles. The largest absolute Gasteiger partial charge is 0.356 e. The first-order valence-corrected chi connectivity index (χ1v) is 6.10. The van der Waals surface area contributed by atoms with Crippen LogP contribution >= 0.6 is 11.8 Å². The van der Waals surface area contributed by atoms with Crippen LogP contribution in [0.5, 0.6) is 0 Å². The van der Waals surface area contributed by atoms with Crippen molar-refractivity contribution in [1.29, 1.82) is 0 Å². The zero-order valence-electron chi connectivity index (χ0n) is 9.54. The quantitative estimate of drug-likeness (QED) is 0.608. The van der Waals surface area contributed by atoms with Crippen LogP contribution in [0.4, 0.5) is 0 Å². The Morgan fingerprint density at radius 1 is 1.53 bits per heavy atom. The minimum Gasteiger partial charge on any atom is -0.356 e. The second-order valence-corrected chi connectivity index (χ2v) is 4.27. The number of amides is 1. The lowest BCUT2D eigenvalue weighted by molar-refractivity contribution is -0.118. The van der Waals surface area contributed by atoms with Gasteiger partial charge in [-0.25, -0.2) is 14.6 Å². The molecule has 0 aliphatic carbocycles. The second-order valence-electron chi connectivity index (χ2n) is 3.31. The van der Waals surface area contributed by atoms with Gasteiger partial charge in [-0.2, -0.15) is 0 Å². The van der Waals surface area contributed by atoms with Gasteiger partial charge in [-0.15, -0.1) is 5.10 Å². The normalized spacial score (nSPS) is 10.7. The Balaban J connectivity index is 2.16. The summed E-state index contributed by atoms with van der Waals surface area (Å²) in [6.07, 6.45) is 1.45. The van der Waals surface area contributed by atoms with Crippen molar-refractivity contribution in [3.8, 4) is 0 Å². The first-order valence-electron chi connectivity index (χ1n) is 5.12. The average molecular weight is 252 g/mol. The van der Waals surface area contributed by atoms with E-state index in [9.17, 15) is 4.79 Å². The molecule has 2 heterocycles. The zero-order valence-corrected chi connectivity index (χ0v) is 10.4. The Labute approximate surface area is 102 Å². The number of nitrogens with one attached hydrogen (secondary N) is 1. The minimum atomic E-state index is -0.0202. The Bertz CT molecular complexity index is 539. The number of hydrogen-bond acceptors (Lipinski definition) is 6. The number of rotatable bonds is 4. The number of nitrogens with zero attached hydrogens (tertiary/aromatic N) is 5. The van der Waals surface area contributed by atoms with Gasteiger partial charge >= 0.3 is 0 Å². The molecule has 2 aromatic rings. The minimum absolute atomic E-state index is 0.0202. The van der Waals surface area contributed by atoms with Crippen LogP contribution in [0.3, 0.4) is 0 Å². The Hall–Kier alpha value is -1.70. The maximum Gasteiger partial charge on any atom is 0.230 e. The lowest BCUT2D eigenvalue weighted by Gasteiger charge is -2.01. The van der Waals surface area contributed by atoms with E-state index >= 15 is 0 Å². The summed E-state index contributed by atoms with van der Waals surface area (Å²) in [7, 11) is 1.76. The van der Waals surface area contributed by atoms with Gasteiger partial charge in [-0.3, -0.25) is 4.79 Å². The predicted molar refractivity (Wildman–Crippen MR) is 63.5 cm³/mol. The van der Waals surface area contributed by atoms with E-state index in [-0.39, 0.29) is 5.91 Å². The van der Waals surface area contributed by atoms with Gasteiger partial charge in [0.15, 0.2) is 11.2 Å². The van der Waals surface area contributed by atoms with Gasteiger partial charge in [0.1, 0.15) is 11.4 Å². The van der Waals surface area contributed by atoms with Crippen molar-refractivity contribution in [3.05, 3.63) is 6.33 Å². The third-order valence-corrected chi connectivity index (χ3v) is 3.05. The molecule has 0 aromatic carbocycles.